The monoisotopic (exact) mass is 326 g/mol. The minimum Gasteiger partial charge on any atom is -0.335 e. The predicted octanol–water partition coefficient (Wildman–Crippen LogP) is 5.59. The maximum Gasteiger partial charge on any atom is 0.0946 e. The molecule has 1 aromatic heterocycles. The first kappa shape index (κ1) is 17.3. The van der Waals surface area contributed by atoms with Crippen LogP contribution in [0.3, 0.4) is 0 Å². The molecule has 1 fully saturated rings. The van der Waals surface area contributed by atoms with Gasteiger partial charge < -0.3 is 4.57 Å². The Morgan fingerprint density at radius 2 is 1.76 bits per heavy atom. The lowest BCUT2D eigenvalue weighted by Crippen LogP contribution is -2.30. The first-order chi connectivity index (χ1) is 10.3. The van der Waals surface area contributed by atoms with Crippen LogP contribution in [0.4, 0.5) is 0 Å². The summed E-state index contributed by atoms with van der Waals surface area (Å²) in [5.41, 5.74) is 0. The summed E-state index contributed by atoms with van der Waals surface area (Å²) in [6.07, 6.45) is 18.6. The lowest BCUT2D eigenvalue weighted by molar-refractivity contribution is 0.526. The molecule has 1 aromatic rings. The van der Waals surface area contributed by atoms with Crippen LogP contribution in [0.5, 0.6) is 0 Å². The van der Waals surface area contributed by atoms with Gasteiger partial charge in [0.05, 0.1) is 10.4 Å². The minimum atomic E-state index is 0.405. The largest absolute Gasteiger partial charge is 0.335 e. The molecule has 2 nitrogen and oxygen atoms in total. The molecule has 0 N–H and O–H groups in total. The zero-order valence-corrected chi connectivity index (χ0v) is 15.1. The van der Waals surface area contributed by atoms with Crippen molar-refractivity contribution in [3.63, 3.8) is 0 Å². The van der Waals surface area contributed by atoms with Gasteiger partial charge >= 0.3 is 0 Å². The van der Waals surface area contributed by atoms with E-state index in [1.165, 1.54) is 69.3 Å². The lowest BCUT2D eigenvalue weighted by atomic mass is 10.1. The van der Waals surface area contributed by atoms with Gasteiger partial charge in [-0.2, -0.15) is 0 Å². The molecule has 0 bridgehead atoms. The van der Waals surface area contributed by atoms with Gasteiger partial charge in [0.25, 0.3) is 0 Å². The van der Waals surface area contributed by atoms with Crippen molar-refractivity contribution in [2.75, 3.05) is 11.5 Å². The fourth-order valence-electron chi connectivity index (χ4n) is 2.94. The van der Waals surface area contributed by atoms with E-state index in [0.717, 1.165) is 6.54 Å². The number of hydrogen-bond acceptors (Lipinski definition) is 3. The van der Waals surface area contributed by atoms with Crippen LogP contribution in [0.1, 0.15) is 64.7 Å². The van der Waals surface area contributed by atoms with Crippen LogP contribution in [0.2, 0.25) is 0 Å². The summed E-state index contributed by atoms with van der Waals surface area (Å²) in [6.45, 7) is 3.41. The van der Waals surface area contributed by atoms with Gasteiger partial charge in [-0.25, -0.2) is 4.98 Å². The highest BCUT2D eigenvalue weighted by atomic mass is 32.2. The van der Waals surface area contributed by atoms with Gasteiger partial charge in [-0.05, 0) is 24.3 Å². The van der Waals surface area contributed by atoms with Crippen LogP contribution in [-0.2, 0) is 6.54 Å². The Hall–Kier alpha value is -0.0900. The number of hydrogen-bond donors (Lipinski definition) is 0. The number of nitrogens with zero attached hydrogens (tertiary/aromatic N) is 2. The van der Waals surface area contributed by atoms with Crippen LogP contribution < -0.4 is 0 Å². The van der Waals surface area contributed by atoms with Crippen LogP contribution in [0.25, 0.3) is 0 Å². The first-order valence-corrected chi connectivity index (χ1v) is 10.6. The van der Waals surface area contributed by atoms with Crippen LogP contribution in [0, 0.1) is 0 Å². The van der Waals surface area contributed by atoms with Gasteiger partial charge in [0.2, 0.25) is 0 Å². The third-order valence-electron chi connectivity index (χ3n) is 4.16. The second-order valence-corrected chi connectivity index (χ2v) is 9.28. The molecule has 0 amide bonds. The summed E-state index contributed by atoms with van der Waals surface area (Å²) in [5, 5.41) is 0. The van der Waals surface area contributed by atoms with E-state index >= 15 is 0 Å². The molecule has 0 radical (unpaired) electrons. The summed E-state index contributed by atoms with van der Waals surface area (Å²) < 4.78 is 2.68. The Balaban J connectivity index is 1.72. The van der Waals surface area contributed by atoms with Gasteiger partial charge in [-0.3, -0.25) is 0 Å². The molecule has 0 aliphatic carbocycles. The van der Waals surface area contributed by atoms with E-state index in [4.69, 9.17) is 0 Å². The summed E-state index contributed by atoms with van der Waals surface area (Å²) in [5.74, 6) is 2.66. The van der Waals surface area contributed by atoms with Crippen molar-refractivity contribution in [1.82, 2.24) is 9.55 Å². The minimum absolute atomic E-state index is 0.405. The zero-order chi connectivity index (χ0) is 14.8. The van der Waals surface area contributed by atoms with Crippen LogP contribution >= 0.6 is 23.5 Å². The standard InChI is InChI=1S/C17H30N2S2/c1-2-3-4-5-6-7-8-10-17(20-13-9-14-21-17)15-19-12-11-18-16-19/h11-12,16H,2-10,13-15H2,1H3. The second-order valence-electron chi connectivity index (χ2n) is 6.07. The van der Waals surface area contributed by atoms with E-state index in [9.17, 15) is 0 Å². The SMILES string of the molecule is CCCCCCCCCC1(Cn2ccnc2)SCCCS1. The Labute approximate surface area is 138 Å². The summed E-state index contributed by atoms with van der Waals surface area (Å²) in [6, 6.07) is 0. The summed E-state index contributed by atoms with van der Waals surface area (Å²) in [4.78, 5) is 4.20. The molecule has 0 aromatic carbocycles. The number of imidazole rings is 1. The summed E-state index contributed by atoms with van der Waals surface area (Å²) >= 11 is 4.39. The van der Waals surface area contributed by atoms with E-state index in [1.54, 1.807) is 0 Å². The molecule has 120 valence electrons. The highest BCUT2D eigenvalue weighted by Gasteiger charge is 2.33. The maximum absolute atomic E-state index is 4.20. The average Bonchev–Trinajstić information content (AvgIpc) is 3.00. The third kappa shape index (κ3) is 6.27. The van der Waals surface area contributed by atoms with Crippen molar-refractivity contribution in [3.8, 4) is 0 Å². The van der Waals surface area contributed by atoms with E-state index in [0.29, 0.717) is 4.08 Å². The van der Waals surface area contributed by atoms with Gasteiger partial charge in [0.1, 0.15) is 0 Å². The quantitative estimate of drug-likeness (QED) is 0.522. The molecule has 0 saturated carbocycles. The smallest absolute Gasteiger partial charge is 0.0946 e. The molecule has 0 unspecified atom stereocenters. The van der Waals surface area contributed by atoms with Gasteiger partial charge in [-0.15, -0.1) is 23.5 Å². The molecule has 1 saturated heterocycles. The van der Waals surface area contributed by atoms with Crippen molar-refractivity contribution in [2.24, 2.45) is 0 Å². The Morgan fingerprint density at radius 1 is 1.05 bits per heavy atom. The molecule has 1 aliphatic heterocycles. The normalized spacial score (nSPS) is 18.0. The van der Waals surface area contributed by atoms with Crippen molar-refractivity contribution in [1.29, 1.82) is 0 Å². The lowest BCUT2D eigenvalue weighted by Gasteiger charge is -2.36. The molecule has 4 heteroatoms. The third-order valence-corrected chi connectivity index (χ3v) is 7.57. The van der Waals surface area contributed by atoms with Crippen LogP contribution in [0.15, 0.2) is 18.7 Å². The van der Waals surface area contributed by atoms with Crippen molar-refractivity contribution in [3.05, 3.63) is 18.7 Å². The number of aromatic nitrogens is 2. The van der Waals surface area contributed by atoms with Gasteiger partial charge in [-0.1, -0.05) is 51.9 Å². The topological polar surface area (TPSA) is 17.8 Å². The fraction of sp³-hybridized carbons (Fsp3) is 0.824. The average molecular weight is 327 g/mol. The zero-order valence-electron chi connectivity index (χ0n) is 13.4. The second kappa shape index (κ2) is 9.83. The van der Waals surface area contributed by atoms with Crippen molar-refractivity contribution < 1.29 is 0 Å². The van der Waals surface area contributed by atoms with Crippen molar-refractivity contribution >= 4 is 23.5 Å². The Morgan fingerprint density at radius 3 is 2.43 bits per heavy atom. The predicted molar refractivity (Wildman–Crippen MR) is 97.1 cm³/mol. The van der Waals surface area contributed by atoms with Crippen molar-refractivity contribution in [2.45, 2.75) is 75.3 Å². The molecular weight excluding hydrogens is 296 g/mol. The summed E-state index contributed by atoms with van der Waals surface area (Å²) in [7, 11) is 0. The maximum atomic E-state index is 4.20. The van der Waals surface area contributed by atoms with Gasteiger partial charge in [0.15, 0.2) is 0 Å². The van der Waals surface area contributed by atoms with E-state index in [1.807, 2.05) is 12.5 Å². The number of unbranched alkanes of at least 4 members (excludes halogenated alkanes) is 6. The molecular formula is C17H30N2S2. The fourth-order valence-corrected chi connectivity index (χ4v) is 6.34. The molecule has 0 atom stereocenters. The molecule has 0 spiro atoms. The number of rotatable bonds is 10. The Kier molecular flexibility index (Phi) is 8.08. The molecule has 2 heterocycles. The molecule has 21 heavy (non-hydrogen) atoms. The van der Waals surface area contributed by atoms with E-state index in [2.05, 4.69) is 46.2 Å². The highest BCUT2D eigenvalue weighted by molar-refractivity contribution is 8.18. The van der Waals surface area contributed by atoms with E-state index < -0.39 is 0 Å². The Bertz CT molecular complexity index is 359. The van der Waals surface area contributed by atoms with Crippen LogP contribution in [-0.4, -0.2) is 25.1 Å². The number of thioether (sulfide) groups is 2. The molecule has 1 aliphatic rings. The molecule has 2 rings (SSSR count). The first-order valence-electron chi connectivity index (χ1n) is 8.58. The highest BCUT2D eigenvalue weighted by Crippen LogP contribution is 2.47. The van der Waals surface area contributed by atoms with E-state index in [-0.39, 0.29) is 0 Å². The van der Waals surface area contributed by atoms with Gasteiger partial charge in [0, 0.05) is 18.9 Å².